The van der Waals surface area contributed by atoms with Gasteiger partial charge in [0, 0.05) is 12.6 Å². The van der Waals surface area contributed by atoms with Gasteiger partial charge in [0.05, 0.1) is 18.4 Å². The molecule has 4 aromatic rings. The Balaban J connectivity index is 1.31. The summed E-state index contributed by atoms with van der Waals surface area (Å²) in [6.45, 7) is 2.64. The topological polar surface area (TPSA) is 87.0 Å². The van der Waals surface area contributed by atoms with E-state index in [0.29, 0.717) is 17.5 Å². The van der Waals surface area contributed by atoms with Crippen molar-refractivity contribution in [2.24, 2.45) is 0 Å². The molecule has 0 saturated carbocycles. The van der Waals surface area contributed by atoms with E-state index in [0.717, 1.165) is 39.2 Å². The number of aryl methyl sites for hydroxylation is 1. The number of carbonyl (C=O) groups excluding carboxylic acids is 1. The van der Waals surface area contributed by atoms with Crippen molar-refractivity contribution in [1.82, 2.24) is 19.9 Å². The van der Waals surface area contributed by atoms with Gasteiger partial charge in [0.1, 0.15) is 5.75 Å². The van der Waals surface area contributed by atoms with Crippen molar-refractivity contribution < 1.29 is 19.0 Å². The number of nitrogens with zero attached hydrogens (tertiary/aromatic N) is 3. The van der Waals surface area contributed by atoms with Crippen LogP contribution in [-0.2, 0) is 11.3 Å². The highest BCUT2D eigenvalue weighted by Crippen LogP contribution is 2.32. The third kappa shape index (κ3) is 3.72. The van der Waals surface area contributed by atoms with Crippen LogP contribution < -0.4 is 19.5 Å². The van der Waals surface area contributed by atoms with Gasteiger partial charge in [-0.3, -0.25) is 9.20 Å². The largest absolute Gasteiger partial charge is 0.497 e. The third-order valence-electron chi connectivity index (χ3n) is 5.10. The van der Waals surface area contributed by atoms with Crippen molar-refractivity contribution in [1.29, 1.82) is 0 Å². The fourth-order valence-corrected chi connectivity index (χ4v) is 4.31. The molecule has 1 aliphatic rings. The third-order valence-corrected chi connectivity index (χ3v) is 6.02. The minimum atomic E-state index is -0.0889. The van der Waals surface area contributed by atoms with Crippen molar-refractivity contribution in [3.8, 4) is 17.2 Å². The van der Waals surface area contributed by atoms with Crippen LogP contribution in [0, 0.1) is 6.92 Å². The highest BCUT2D eigenvalue weighted by molar-refractivity contribution is 7.99. The van der Waals surface area contributed by atoms with Crippen LogP contribution in [0.2, 0.25) is 0 Å². The van der Waals surface area contributed by atoms with E-state index in [1.807, 2.05) is 47.7 Å². The molecule has 0 radical (unpaired) electrons. The lowest BCUT2D eigenvalue weighted by atomic mass is 10.1. The van der Waals surface area contributed by atoms with Crippen LogP contribution in [0.3, 0.4) is 0 Å². The molecular formula is C22H20N4O4S. The number of ether oxygens (including phenoxy) is 3. The number of fused-ring (bicyclic) bond motifs is 4. The Bertz CT molecular complexity index is 1300. The van der Waals surface area contributed by atoms with E-state index < -0.39 is 0 Å². The molecule has 8 nitrogen and oxygen atoms in total. The summed E-state index contributed by atoms with van der Waals surface area (Å²) in [6, 6.07) is 13.6. The summed E-state index contributed by atoms with van der Waals surface area (Å²) in [5.41, 5.74) is 3.67. The molecule has 2 aromatic heterocycles. The number of rotatable bonds is 6. The maximum absolute atomic E-state index is 12.4. The van der Waals surface area contributed by atoms with Crippen LogP contribution in [0.15, 0.2) is 47.6 Å². The Morgan fingerprint density at radius 1 is 1.16 bits per heavy atom. The maximum Gasteiger partial charge on any atom is 0.231 e. The molecule has 0 saturated heterocycles. The highest BCUT2D eigenvalue weighted by atomic mass is 32.2. The first-order chi connectivity index (χ1) is 15.1. The monoisotopic (exact) mass is 436 g/mol. The second-order valence-electron chi connectivity index (χ2n) is 7.15. The molecule has 2 aromatic carbocycles. The van der Waals surface area contributed by atoms with E-state index in [1.165, 1.54) is 11.8 Å². The summed E-state index contributed by atoms with van der Waals surface area (Å²) >= 11 is 1.35. The number of nitrogens with one attached hydrogen (secondary N) is 1. The van der Waals surface area contributed by atoms with E-state index in [1.54, 1.807) is 7.11 Å². The van der Waals surface area contributed by atoms with Crippen molar-refractivity contribution in [3.05, 3.63) is 53.6 Å². The van der Waals surface area contributed by atoms with Crippen molar-refractivity contribution in [3.63, 3.8) is 0 Å². The zero-order chi connectivity index (χ0) is 21.4. The molecule has 0 unspecified atom stereocenters. The zero-order valence-corrected chi connectivity index (χ0v) is 17.9. The van der Waals surface area contributed by atoms with Crippen molar-refractivity contribution >= 4 is 34.2 Å². The Morgan fingerprint density at radius 2 is 2.03 bits per heavy atom. The summed E-state index contributed by atoms with van der Waals surface area (Å²) in [7, 11) is 1.64. The van der Waals surface area contributed by atoms with Gasteiger partial charge in [-0.2, -0.15) is 0 Å². The standard InChI is InChI=1S/C22H20N4O4S/c1-13-7-15-4-5-16(28-2)9-17(15)26-21(13)24-25-22(26)31-11-20(27)23-10-14-3-6-18-19(8-14)30-12-29-18/h3-9H,10-12H2,1-2H3,(H,23,27). The SMILES string of the molecule is COc1ccc2cc(C)c3nnc(SCC(=O)NCc4ccc5c(c4)OCO5)n3c2c1. The Hall–Kier alpha value is -3.46. The maximum atomic E-state index is 12.4. The van der Waals surface area contributed by atoms with Gasteiger partial charge in [-0.25, -0.2) is 0 Å². The number of thioether (sulfide) groups is 1. The molecule has 0 aliphatic carbocycles. The first kappa shape index (κ1) is 19.5. The van der Waals surface area contributed by atoms with Gasteiger partial charge < -0.3 is 19.5 Å². The lowest BCUT2D eigenvalue weighted by molar-refractivity contribution is -0.118. The molecule has 1 N–H and O–H groups in total. The normalized spacial score (nSPS) is 12.5. The van der Waals surface area contributed by atoms with Gasteiger partial charge in [0.2, 0.25) is 12.7 Å². The molecule has 0 atom stereocenters. The summed E-state index contributed by atoms with van der Waals surface area (Å²) in [6.07, 6.45) is 0. The van der Waals surface area contributed by atoms with E-state index in [-0.39, 0.29) is 18.5 Å². The molecule has 5 rings (SSSR count). The molecule has 3 heterocycles. The van der Waals surface area contributed by atoms with Crippen LogP contribution in [0.5, 0.6) is 17.2 Å². The van der Waals surface area contributed by atoms with Gasteiger partial charge in [-0.05, 0) is 53.8 Å². The summed E-state index contributed by atoms with van der Waals surface area (Å²) in [5, 5.41) is 13.3. The average molecular weight is 436 g/mol. The predicted octanol–water partition coefficient (Wildman–Crippen LogP) is 3.34. The van der Waals surface area contributed by atoms with Gasteiger partial charge in [-0.15, -0.1) is 10.2 Å². The van der Waals surface area contributed by atoms with Gasteiger partial charge in [0.25, 0.3) is 0 Å². The number of pyridine rings is 1. The van der Waals surface area contributed by atoms with Gasteiger partial charge in [0.15, 0.2) is 22.3 Å². The first-order valence-electron chi connectivity index (χ1n) is 9.73. The molecule has 0 spiro atoms. The first-order valence-corrected chi connectivity index (χ1v) is 10.7. The molecule has 1 amide bonds. The lowest BCUT2D eigenvalue weighted by Crippen LogP contribution is -2.24. The Kier molecular flexibility index (Phi) is 5.03. The number of aromatic nitrogens is 3. The van der Waals surface area contributed by atoms with E-state index >= 15 is 0 Å². The van der Waals surface area contributed by atoms with Gasteiger partial charge in [-0.1, -0.05) is 17.8 Å². The Labute approximate surface area is 182 Å². The highest BCUT2D eigenvalue weighted by Gasteiger charge is 2.16. The smallest absolute Gasteiger partial charge is 0.231 e. The lowest BCUT2D eigenvalue weighted by Gasteiger charge is -2.09. The van der Waals surface area contributed by atoms with E-state index in [9.17, 15) is 4.79 Å². The van der Waals surface area contributed by atoms with Crippen molar-refractivity contribution in [2.75, 3.05) is 19.7 Å². The fraction of sp³-hybridized carbons (Fsp3) is 0.227. The quantitative estimate of drug-likeness (QED) is 0.464. The van der Waals surface area contributed by atoms with Gasteiger partial charge >= 0.3 is 0 Å². The van der Waals surface area contributed by atoms with Crippen molar-refractivity contribution in [2.45, 2.75) is 18.6 Å². The second kappa shape index (κ2) is 7.99. The number of carbonyl (C=O) groups is 1. The predicted molar refractivity (Wildman–Crippen MR) is 117 cm³/mol. The van der Waals surface area contributed by atoms with Crippen LogP contribution in [0.4, 0.5) is 0 Å². The number of hydrogen-bond donors (Lipinski definition) is 1. The number of amides is 1. The minimum Gasteiger partial charge on any atom is -0.497 e. The molecule has 1 aliphatic heterocycles. The number of methoxy groups -OCH3 is 1. The molecular weight excluding hydrogens is 416 g/mol. The molecule has 158 valence electrons. The minimum absolute atomic E-state index is 0.0889. The summed E-state index contributed by atoms with van der Waals surface area (Å²) in [4.78, 5) is 12.4. The van der Waals surface area contributed by atoms with Crippen LogP contribution >= 0.6 is 11.8 Å². The number of benzene rings is 2. The fourth-order valence-electron chi connectivity index (χ4n) is 3.53. The Morgan fingerprint density at radius 3 is 2.90 bits per heavy atom. The zero-order valence-electron chi connectivity index (χ0n) is 17.0. The summed E-state index contributed by atoms with van der Waals surface area (Å²) < 4.78 is 18.0. The number of hydrogen-bond acceptors (Lipinski definition) is 7. The van der Waals surface area contributed by atoms with Crippen LogP contribution in [-0.4, -0.2) is 40.2 Å². The summed E-state index contributed by atoms with van der Waals surface area (Å²) in [5.74, 6) is 2.32. The average Bonchev–Trinajstić information content (AvgIpc) is 3.43. The molecule has 0 bridgehead atoms. The molecule has 31 heavy (non-hydrogen) atoms. The van der Waals surface area contributed by atoms with E-state index in [2.05, 4.69) is 21.6 Å². The van der Waals surface area contributed by atoms with E-state index in [4.69, 9.17) is 14.2 Å². The second-order valence-corrected chi connectivity index (χ2v) is 8.09. The molecule has 9 heteroatoms. The van der Waals surface area contributed by atoms with Crippen LogP contribution in [0.25, 0.3) is 16.6 Å². The molecule has 0 fully saturated rings. The van der Waals surface area contributed by atoms with Crippen LogP contribution in [0.1, 0.15) is 11.1 Å².